The first-order chi connectivity index (χ1) is 11.5. The molecule has 4 atom stereocenters. The summed E-state index contributed by atoms with van der Waals surface area (Å²) in [5.41, 5.74) is 1.13. The summed E-state index contributed by atoms with van der Waals surface area (Å²) < 4.78 is 10.3. The first kappa shape index (κ1) is 17.9. The molecular weight excluding hydrogens is 306 g/mol. The van der Waals surface area contributed by atoms with Crippen LogP contribution < -0.4 is 5.32 Å². The first-order valence-electron chi connectivity index (χ1n) is 9.08. The fourth-order valence-electron chi connectivity index (χ4n) is 4.99. The third kappa shape index (κ3) is 3.25. The highest BCUT2D eigenvalue weighted by Crippen LogP contribution is 2.52. The Morgan fingerprint density at radius 1 is 1.50 bits per heavy atom. The van der Waals surface area contributed by atoms with Gasteiger partial charge >= 0.3 is 0 Å². The summed E-state index contributed by atoms with van der Waals surface area (Å²) in [6, 6.07) is 2.63. The van der Waals surface area contributed by atoms with E-state index >= 15 is 0 Å². The number of methoxy groups -OCH3 is 1. The molecule has 2 unspecified atom stereocenters. The lowest BCUT2D eigenvalue weighted by atomic mass is 9.65. The van der Waals surface area contributed by atoms with E-state index in [2.05, 4.69) is 36.1 Å². The zero-order chi connectivity index (χ0) is 17.3. The number of ether oxygens (including phenoxy) is 1. The largest absolute Gasteiger partial charge is 0.391 e. The Bertz CT molecular complexity index is 547. The summed E-state index contributed by atoms with van der Waals surface area (Å²) >= 11 is 0. The molecule has 6 nitrogen and oxygen atoms in total. The standard InChI is InChI=1S/C18H31N3O3/c1-5-21-11-18(17(21)12(2)3)7-15(16(22)8-18)19-9-13-6-14(10-23-4)24-20-13/h6,12,15-17,19,22H,5,7-11H2,1-4H3/t15-,16-,17?,18?/m1/s1. The second-order valence-electron chi connectivity index (χ2n) is 7.79. The zero-order valence-electron chi connectivity index (χ0n) is 15.3. The molecule has 2 aliphatic rings. The molecule has 1 aliphatic heterocycles. The summed E-state index contributed by atoms with van der Waals surface area (Å²) in [5.74, 6) is 1.35. The van der Waals surface area contributed by atoms with Crippen LogP contribution in [0.5, 0.6) is 0 Å². The van der Waals surface area contributed by atoms with Gasteiger partial charge in [-0.2, -0.15) is 0 Å². The number of hydrogen-bond acceptors (Lipinski definition) is 6. The summed E-state index contributed by atoms with van der Waals surface area (Å²) in [5, 5.41) is 18.1. The van der Waals surface area contributed by atoms with Crippen molar-refractivity contribution in [3.8, 4) is 0 Å². The fourth-order valence-corrected chi connectivity index (χ4v) is 4.99. The van der Waals surface area contributed by atoms with E-state index in [9.17, 15) is 5.11 Å². The van der Waals surface area contributed by atoms with E-state index in [1.54, 1.807) is 7.11 Å². The molecule has 1 saturated carbocycles. The van der Waals surface area contributed by atoms with E-state index in [0.29, 0.717) is 25.1 Å². The summed E-state index contributed by atoms with van der Waals surface area (Å²) in [7, 11) is 1.64. The highest BCUT2D eigenvalue weighted by molar-refractivity contribution is 5.13. The zero-order valence-corrected chi connectivity index (χ0v) is 15.3. The van der Waals surface area contributed by atoms with E-state index in [1.807, 2.05) is 6.07 Å². The van der Waals surface area contributed by atoms with Gasteiger partial charge in [0.05, 0.1) is 11.8 Å². The quantitative estimate of drug-likeness (QED) is 0.790. The average molecular weight is 337 g/mol. The Hall–Kier alpha value is -0.950. The van der Waals surface area contributed by atoms with Crippen LogP contribution in [-0.4, -0.2) is 53.6 Å². The minimum atomic E-state index is -0.282. The molecule has 2 heterocycles. The molecule has 1 aliphatic carbocycles. The van der Waals surface area contributed by atoms with Crippen LogP contribution in [-0.2, 0) is 17.9 Å². The number of aliphatic hydroxyl groups is 1. The van der Waals surface area contributed by atoms with Gasteiger partial charge in [0, 0.05) is 43.8 Å². The number of aliphatic hydroxyl groups excluding tert-OH is 1. The van der Waals surface area contributed by atoms with E-state index in [4.69, 9.17) is 9.26 Å². The van der Waals surface area contributed by atoms with Crippen LogP contribution in [0.4, 0.5) is 0 Å². The van der Waals surface area contributed by atoms with Gasteiger partial charge in [0.2, 0.25) is 0 Å². The topological polar surface area (TPSA) is 70.8 Å². The van der Waals surface area contributed by atoms with Crippen molar-refractivity contribution in [2.45, 2.75) is 65.0 Å². The van der Waals surface area contributed by atoms with Crippen molar-refractivity contribution in [3.05, 3.63) is 17.5 Å². The van der Waals surface area contributed by atoms with E-state index in [0.717, 1.165) is 37.4 Å². The number of nitrogens with one attached hydrogen (secondary N) is 1. The van der Waals surface area contributed by atoms with E-state index in [-0.39, 0.29) is 17.6 Å². The average Bonchev–Trinajstić information content (AvgIpc) is 3.08. The normalized spacial score (nSPS) is 33.5. The van der Waals surface area contributed by atoms with Gasteiger partial charge in [0.15, 0.2) is 5.76 Å². The monoisotopic (exact) mass is 337 g/mol. The van der Waals surface area contributed by atoms with Crippen molar-refractivity contribution in [2.24, 2.45) is 11.3 Å². The van der Waals surface area contributed by atoms with Gasteiger partial charge in [-0.3, -0.25) is 4.90 Å². The van der Waals surface area contributed by atoms with Crippen molar-refractivity contribution in [3.63, 3.8) is 0 Å². The maximum Gasteiger partial charge on any atom is 0.162 e. The molecule has 3 rings (SSSR count). The van der Waals surface area contributed by atoms with Crippen LogP contribution in [0.2, 0.25) is 0 Å². The molecule has 2 N–H and O–H groups in total. The molecule has 136 valence electrons. The highest BCUT2D eigenvalue weighted by Gasteiger charge is 2.58. The Morgan fingerprint density at radius 3 is 2.96 bits per heavy atom. The lowest BCUT2D eigenvalue weighted by molar-refractivity contribution is -0.0964. The van der Waals surface area contributed by atoms with E-state index < -0.39 is 0 Å². The fraction of sp³-hybridized carbons (Fsp3) is 0.833. The SMILES string of the molecule is CCN1CC2(C[C@@H](O)[C@H](NCc3cc(COC)on3)C2)C1C(C)C. The van der Waals surface area contributed by atoms with Crippen LogP contribution in [0.15, 0.2) is 10.6 Å². The summed E-state index contributed by atoms with van der Waals surface area (Å²) in [6.07, 6.45) is 1.66. The van der Waals surface area contributed by atoms with Crippen molar-refractivity contribution in [1.82, 2.24) is 15.4 Å². The number of hydrogen-bond donors (Lipinski definition) is 2. The molecule has 0 aromatic carbocycles. The van der Waals surface area contributed by atoms with Crippen molar-refractivity contribution in [2.75, 3.05) is 20.2 Å². The molecule has 6 heteroatoms. The number of aromatic nitrogens is 1. The maximum absolute atomic E-state index is 10.6. The maximum atomic E-state index is 10.6. The minimum absolute atomic E-state index is 0.132. The van der Waals surface area contributed by atoms with Crippen molar-refractivity contribution >= 4 is 0 Å². The van der Waals surface area contributed by atoms with Gasteiger partial charge in [0.1, 0.15) is 6.61 Å². The predicted molar refractivity (Wildman–Crippen MR) is 91.4 cm³/mol. The Kier molecular flexibility index (Phi) is 5.30. The van der Waals surface area contributed by atoms with Crippen LogP contribution in [0.3, 0.4) is 0 Å². The molecule has 1 aromatic heterocycles. The Morgan fingerprint density at radius 2 is 2.29 bits per heavy atom. The lowest BCUT2D eigenvalue weighted by Gasteiger charge is -2.58. The van der Waals surface area contributed by atoms with Crippen molar-refractivity contribution in [1.29, 1.82) is 0 Å². The molecule has 0 radical (unpaired) electrons. The summed E-state index contributed by atoms with van der Waals surface area (Å²) in [4.78, 5) is 2.55. The molecule has 1 spiro atoms. The Balaban J connectivity index is 1.58. The van der Waals surface area contributed by atoms with Gasteiger partial charge in [-0.25, -0.2) is 0 Å². The van der Waals surface area contributed by atoms with Crippen molar-refractivity contribution < 1.29 is 14.4 Å². The molecule has 1 saturated heterocycles. The molecule has 0 amide bonds. The first-order valence-corrected chi connectivity index (χ1v) is 9.08. The predicted octanol–water partition coefficient (Wildman–Crippen LogP) is 1.78. The summed E-state index contributed by atoms with van der Waals surface area (Å²) in [6.45, 7) is 10.1. The molecular formula is C18H31N3O3. The number of rotatable bonds is 7. The minimum Gasteiger partial charge on any atom is -0.391 e. The Labute approximate surface area is 144 Å². The molecule has 2 fully saturated rings. The van der Waals surface area contributed by atoms with Gasteiger partial charge < -0.3 is 19.7 Å². The molecule has 0 bridgehead atoms. The van der Waals surface area contributed by atoms with Gasteiger partial charge in [-0.15, -0.1) is 0 Å². The number of nitrogens with zero attached hydrogens (tertiary/aromatic N) is 2. The van der Waals surface area contributed by atoms with E-state index in [1.165, 1.54) is 0 Å². The van der Waals surface area contributed by atoms with Gasteiger partial charge in [-0.1, -0.05) is 25.9 Å². The highest BCUT2D eigenvalue weighted by atomic mass is 16.5. The van der Waals surface area contributed by atoms with Crippen LogP contribution >= 0.6 is 0 Å². The third-order valence-electron chi connectivity index (χ3n) is 5.72. The number of likely N-dealkylation sites (tertiary alicyclic amines) is 1. The molecule has 24 heavy (non-hydrogen) atoms. The second-order valence-corrected chi connectivity index (χ2v) is 7.79. The second kappa shape index (κ2) is 7.12. The molecule has 1 aromatic rings. The smallest absolute Gasteiger partial charge is 0.162 e. The van der Waals surface area contributed by atoms with Gasteiger partial charge in [0.25, 0.3) is 0 Å². The van der Waals surface area contributed by atoms with Crippen LogP contribution in [0, 0.1) is 11.3 Å². The van der Waals surface area contributed by atoms with Crippen LogP contribution in [0.1, 0.15) is 45.1 Å². The lowest BCUT2D eigenvalue weighted by Crippen LogP contribution is -2.65. The van der Waals surface area contributed by atoms with Gasteiger partial charge in [-0.05, 0) is 25.3 Å². The third-order valence-corrected chi connectivity index (χ3v) is 5.72. The van der Waals surface area contributed by atoms with Crippen LogP contribution in [0.25, 0.3) is 0 Å².